The first-order valence-electron chi connectivity index (χ1n) is 8.79. The Morgan fingerprint density at radius 2 is 1.86 bits per heavy atom. The fourth-order valence-electron chi connectivity index (χ4n) is 2.67. The van der Waals surface area contributed by atoms with Crippen LogP contribution in [0.3, 0.4) is 0 Å². The van der Waals surface area contributed by atoms with Crippen molar-refractivity contribution in [1.29, 1.82) is 0 Å². The van der Waals surface area contributed by atoms with Crippen LogP contribution in [0.4, 0.5) is 23.7 Å². The van der Waals surface area contributed by atoms with E-state index in [1.165, 1.54) is 10.2 Å². The number of ether oxygens (including phenoxy) is 1. The van der Waals surface area contributed by atoms with Crippen LogP contribution in [0, 0.1) is 5.92 Å². The molecule has 1 aliphatic rings. The SMILES string of the molecule is CCc1ccc(N2CC(C(=O)OCC(=O)NC(=O)NCC(F)(F)F)CC2=O)cc1. The number of nitrogens with zero attached hydrogens (tertiary/aromatic N) is 1. The number of rotatable bonds is 6. The number of hydrogen-bond acceptors (Lipinski definition) is 5. The summed E-state index contributed by atoms with van der Waals surface area (Å²) in [6.07, 6.45) is -3.87. The van der Waals surface area contributed by atoms with Crippen molar-refractivity contribution < 1.29 is 37.1 Å². The standard InChI is InChI=1S/C18H20F3N3O5/c1-2-11-3-5-13(6-4-11)24-8-12(7-15(24)26)16(27)29-9-14(25)23-17(28)22-10-18(19,20)21/h3-6,12H,2,7-10H2,1H3,(H2,22,23,25,28). The van der Waals surface area contributed by atoms with Crippen LogP contribution in [-0.2, 0) is 25.5 Å². The van der Waals surface area contributed by atoms with Gasteiger partial charge in [-0.2, -0.15) is 13.2 Å². The van der Waals surface area contributed by atoms with Gasteiger partial charge >= 0.3 is 18.2 Å². The molecule has 0 aliphatic carbocycles. The average Bonchev–Trinajstić information content (AvgIpc) is 3.06. The molecule has 0 saturated carbocycles. The number of alkyl halides is 3. The summed E-state index contributed by atoms with van der Waals surface area (Å²) in [7, 11) is 0. The van der Waals surface area contributed by atoms with Crippen molar-refractivity contribution in [3.05, 3.63) is 29.8 Å². The van der Waals surface area contributed by atoms with E-state index in [0.717, 1.165) is 12.0 Å². The molecule has 158 valence electrons. The predicted octanol–water partition coefficient (Wildman–Crippen LogP) is 1.53. The van der Waals surface area contributed by atoms with Crippen LogP contribution in [-0.4, -0.2) is 49.7 Å². The van der Waals surface area contributed by atoms with E-state index in [1.54, 1.807) is 17.4 Å². The van der Waals surface area contributed by atoms with Gasteiger partial charge in [0.25, 0.3) is 5.91 Å². The Morgan fingerprint density at radius 1 is 1.21 bits per heavy atom. The molecule has 1 unspecified atom stereocenters. The molecule has 1 saturated heterocycles. The molecule has 1 fully saturated rings. The smallest absolute Gasteiger partial charge is 0.405 e. The number of carbonyl (C=O) groups is 4. The highest BCUT2D eigenvalue weighted by Gasteiger charge is 2.36. The van der Waals surface area contributed by atoms with E-state index >= 15 is 0 Å². The van der Waals surface area contributed by atoms with E-state index < -0.39 is 43.2 Å². The Balaban J connectivity index is 1.80. The summed E-state index contributed by atoms with van der Waals surface area (Å²) in [6.45, 7) is -0.381. The number of anilines is 1. The van der Waals surface area contributed by atoms with Gasteiger partial charge in [0.2, 0.25) is 5.91 Å². The van der Waals surface area contributed by atoms with Crippen molar-refractivity contribution in [2.45, 2.75) is 25.9 Å². The van der Waals surface area contributed by atoms with Gasteiger partial charge in [-0.05, 0) is 24.1 Å². The van der Waals surface area contributed by atoms with Gasteiger partial charge in [0.05, 0.1) is 5.92 Å². The van der Waals surface area contributed by atoms with Gasteiger partial charge in [0.15, 0.2) is 6.61 Å². The molecule has 0 aromatic heterocycles. The highest BCUT2D eigenvalue weighted by Crippen LogP contribution is 2.26. The van der Waals surface area contributed by atoms with Crippen LogP contribution >= 0.6 is 0 Å². The first-order valence-corrected chi connectivity index (χ1v) is 8.79. The summed E-state index contributed by atoms with van der Waals surface area (Å²) in [5.41, 5.74) is 1.74. The molecule has 1 aromatic carbocycles. The minimum absolute atomic E-state index is 0.0802. The van der Waals surface area contributed by atoms with E-state index in [0.29, 0.717) is 5.69 Å². The lowest BCUT2D eigenvalue weighted by molar-refractivity contribution is -0.152. The van der Waals surface area contributed by atoms with Gasteiger partial charge in [-0.3, -0.25) is 19.7 Å². The first-order chi connectivity index (χ1) is 13.6. The van der Waals surface area contributed by atoms with Crippen LogP contribution in [0.25, 0.3) is 0 Å². The Bertz CT molecular complexity index is 780. The quantitative estimate of drug-likeness (QED) is 0.686. The zero-order chi connectivity index (χ0) is 21.6. The summed E-state index contributed by atoms with van der Waals surface area (Å²) in [4.78, 5) is 48.4. The molecule has 1 atom stereocenters. The number of nitrogens with one attached hydrogen (secondary N) is 2. The molecular formula is C18H20F3N3O5. The van der Waals surface area contributed by atoms with Gasteiger partial charge in [-0.25, -0.2) is 4.79 Å². The maximum absolute atomic E-state index is 12.2. The molecule has 1 heterocycles. The topological polar surface area (TPSA) is 105 Å². The van der Waals surface area contributed by atoms with E-state index in [1.807, 2.05) is 19.1 Å². The minimum Gasteiger partial charge on any atom is -0.455 e. The molecule has 29 heavy (non-hydrogen) atoms. The maximum Gasteiger partial charge on any atom is 0.405 e. The highest BCUT2D eigenvalue weighted by atomic mass is 19.4. The maximum atomic E-state index is 12.2. The van der Waals surface area contributed by atoms with Gasteiger partial charge in [-0.15, -0.1) is 0 Å². The van der Waals surface area contributed by atoms with Crippen molar-refractivity contribution in [1.82, 2.24) is 10.6 Å². The predicted molar refractivity (Wildman–Crippen MR) is 94.8 cm³/mol. The number of hydrogen-bond donors (Lipinski definition) is 2. The molecular weight excluding hydrogens is 395 g/mol. The van der Waals surface area contributed by atoms with Crippen LogP contribution < -0.4 is 15.5 Å². The summed E-state index contributed by atoms with van der Waals surface area (Å²) in [5, 5.41) is 3.06. The molecule has 11 heteroatoms. The number of benzene rings is 1. The normalized spacial score (nSPS) is 16.5. The Labute approximate surface area is 164 Å². The van der Waals surface area contributed by atoms with Crippen LogP contribution in [0.5, 0.6) is 0 Å². The summed E-state index contributed by atoms with van der Waals surface area (Å²) in [5.74, 6) is -2.96. The third kappa shape index (κ3) is 6.77. The van der Waals surface area contributed by atoms with E-state index in [2.05, 4.69) is 0 Å². The molecule has 0 bridgehead atoms. The van der Waals surface area contributed by atoms with Crippen molar-refractivity contribution in [2.75, 3.05) is 24.6 Å². The lowest BCUT2D eigenvalue weighted by Gasteiger charge is -2.17. The van der Waals surface area contributed by atoms with Gasteiger partial charge in [0.1, 0.15) is 6.54 Å². The molecule has 0 spiro atoms. The number of urea groups is 1. The van der Waals surface area contributed by atoms with Crippen molar-refractivity contribution in [3.8, 4) is 0 Å². The summed E-state index contributed by atoms with van der Waals surface area (Å²) in [6, 6.07) is 5.95. The second-order valence-corrected chi connectivity index (χ2v) is 6.38. The molecule has 0 radical (unpaired) electrons. The van der Waals surface area contributed by atoms with Crippen LogP contribution in [0.15, 0.2) is 24.3 Å². The average molecular weight is 415 g/mol. The van der Waals surface area contributed by atoms with Crippen molar-refractivity contribution >= 4 is 29.5 Å². The van der Waals surface area contributed by atoms with Gasteiger partial charge in [-0.1, -0.05) is 19.1 Å². The number of aryl methyl sites for hydroxylation is 1. The monoisotopic (exact) mass is 415 g/mol. The minimum atomic E-state index is -4.62. The lowest BCUT2D eigenvalue weighted by atomic mass is 10.1. The second-order valence-electron chi connectivity index (χ2n) is 6.38. The summed E-state index contributed by atoms with van der Waals surface area (Å²) < 4.78 is 40.7. The van der Waals surface area contributed by atoms with Crippen LogP contribution in [0.2, 0.25) is 0 Å². The van der Waals surface area contributed by atoms with E-state index in [9.17, 15) is 32.3 Å². The molecule has 2 rings (SSSR count). The number of amides is 4. The fraction of sp³-hybridized carbons (Fsp3) is 0.444. The Hall–Kier alpha value is -3.11. The molecule has 8 nitrogen and oxygen atoms in total. The number of esters is 1. The number of imide groups is 1. The zero-order valence-corrected chi connectivity index (χ0v) is 15.5. The Morgan fingerprint density at radius 3 is 2.45 bits per heavy atom. The third-order valence-corrected chi connectivity index (χ3v) is 4.16. The Kier molecular flexibility index (Phi) is 7.18. The van der Waals surface area contributed by atoms with Crippen molar-refractivity contribution in [3.63, 3.8) is 0 Å². The highest BCUT2D eigenvalue weighted by molar-refractivity contribution is 6.00. The van der Waals surface area contributed by atoms with E-state index in [4.69, 9.17) is 4.74 Å². The lowest BCUT2D eigenvalue weighted by Crippen LogP contribution is -2.44. The largest absolute Gasteiger partial charge is 0.455 e. The van der Waals surface area contributed by atoms with E-state index in [-0.39, 0.29) is 18.9 Å². The number of carbonyl (C=O) groups excluding carboxylic acids is 4. The molecule has 2 N–H and O–H groups in total. The van der Waals surface area contributed by atoms with Crippen LogP contribution in [0.1, 0.15) is 18.9 Å². The van der Waals surface area contributed by atoms with Crippen molar-refractivity contribution in [2.24, 2.45) is 5.92 Å². The number of halogens is 3. The fourth-order valence-corrected chi connectivity index (χ4v) is 2.67. The second kappa shape index (κ2) is 9.39. The van der Waals surface area contributed by atoms with Gasteiger partial charge in [0, 0.05) is 18.7 Å². The molecule has 1 aliphatic heterocycles. The first kappa shape index (κ1) is 22.2. The van der Waals surface area contributed by atoms with Gasteiger partial charge < -0.3 is 15.0 Å². The summed E-state index contributed by atoms with van der Waals surface area (Å²) >= 11 is 0. The third-order valence-electron chi connectivity index (χ3n) is 4.16. The molecule has 4 amide bonds. The zero-order valence-electron chi connectivity index (χ0n) is 15.5. The molecule has 1 aromatic rings.